The van der Waals surface area contributed by atoms with Gasteiger partial charge in [0.05, 0.1) is 0 Å². The van der Waals surface area contributed by atoms with E-state index in [0.29, 0.717) is 0 Å². The van der Waals surface area contributed by atoms with E-state index in [2.05, 4.69) is 0 Å². The Hall–Kier alpha value is -0.0105. The predicted molar refractivity (Wildman–Crippen MR) is 17.9 cm³/mol. The molecule has 1 N–H and O–H groups in total. The van der Waals surface area contributed by atoms with Crippen molar-refractivity contribution in [3.8, 4) is 0 Å². The van der Waals surface area contributed by atoms with E-state index in [1.165, 1.54) is 0 Å². The molecule has 3 heteroatoms. The third-order valence-corrected chi connectivity index (χ3v) is 0.302. The van der Waals surface area contributed by atoms with Crippen molar-refractivity contribution >= 4 is 5.97 Å². The standard InChI is InChI=1S/C3H6O2.Fe/c1-2-3(4)5;/h2H2,1H3,(H,4,5);. The van der Waals surface area contributed by atoms with Crippen LogP contribution in [0.2, 0.25) is 0 Å². The van der Waals surface area contributed by atoms with Crippen LogP contribution in [-0.4, -0.2) is 11.1 Å². The Bertz CT molecular complexity index is 44.1. The van der Waals surface area contributed by atoms with Gasteiger partial charge in [-0.05, 0) is 0 Å². The first-order valence-corrected chi connectivity index (χ1v) is 1.49. The van der Waals surface area contributed by atoms with Gasteiger partial charge in [0.25, 0.3) is 0 Å². The zero-order valence-corrected chi connectivity index (χ0v) is 4.52. The molecule has 0 aliphatic carbocycles. The first-order valence-electron chi connectivity index (χ1n) is 1.49. The minimum absolute atomic E-state index is 0. The van der Waals surface area contributed by atoms with Crippen LogP contribution in [0.1, 0.15) is 13.3 Å². The quantitative estimate of drug-likeness (QED) is 0.524. The topological polar surface area (TPSA) is 37.3 Å². The van der Waals surface area contributed by atoms with Crippen molar-refractivity contribution in [2.24, 2.45) is 0 Å². The number of carboxylic acid groups (broad SMARTS) is 1. The largest absolute Gasteiger partial charge is 0.481 e. The normalized spacial score (nSPS) is 6.17. The molecule has 0 radical (unpaired) electrons. The monoisotopic (exact) mass is 130 g/mol. The average molecular weight is 130 g/mol. The molecule has 38 valence electrons. The molecule has 0 aliphatic heterocycles. The van der Waals surface area contributed by atoms with Crippen molar-refractivity contribution in [1.29, 1.82) is 0 Å². The van der Waals surface area contributed by atoms with E-state index in [0.717, 1.165) is 0 Å². The molecule has 0 aliphatic rings. The molecule has 0 unspecified atom stereocenters. The average Bonchev–Trinajstić information content (AvgIpc) is 1.38. The summed E-state index contributed by atoms with van der Waals surface area (Å²) < 4.78 is 0. The fraction of sp³-hybridized carbons (Fsp3) is 0.667. The molecular weight excluding hydrogens is 124 g/mol. The van der Waals surface area contributed by atoms with Gasteiger partial charge in [-0.3, -0.25) is 4.79 Å². The van der Waals surface area contributed by atoms with Crippen LogP contribution >= 0.6 is 0 Å². The first kappa shape index (κ1) is 9.37. The van der Waals surface area contributed by atoms with Gasteiger partial charge in [-0.2, -0.15) is 0 Å². The molecule has 0 fully saturated rings. The Morgan fingerprint density at radius 2 is 2.00 bits per heavy atom. The molecule has 6 heavy (non-hydrogen) atoms. The maximum Gasteiger partial charge on any atom is 0.303 e. The molecule has 0 bridgehead atoms. The zero-order chi connectivity index (χ0) is 4.28. The summed E-state index contributed by atoms with van der Waals surface area (Å²) in [6.45, 7) is 1.60. The van der Waals surface area contributed by atoms with E-state index in [9.17, 15) is 4.79 Å². The third-order valence-electron chi connectivity index (χ3n) is 0.302. The summed E-state index contributed by atoms with van der Waals surface area (Å²) in [5.41, 5.74) is 0. The van der Waals surface area contributed by atoms with Crippen molar-refractivity contribution in [2.45, 2.75) is 13.3 Å². The van der Waals surface area contributed by atoms with Gasteiger partial charge < -0.3 is 5.11 Å². The second-order valence-electron chi connectivity index (χ2n) is 0.747. The molecule has 0 heterocycles. The molecule has 0 aromatic heterocycles. The number of carbonyl (C=O) groups is 1. The van der Waals surface area contributed by atoms with E-state index in [-0.39, 0.29) is 23.5 Å². The summed E-state index contributed by atoms with van der Waals surface area (Å²) in [4.78, 5) is 9.37. The van der Waals surface area contributed by atoms with E-state index < -0.39 is 5.97 Å². The van der Waals surface area contributed by atoms with Gasteiger partial charge in [0, 0.05) is 23.5 Å². The van der Waals surface area contributed by atoms with Gasteiger partial charge in [-0.15, -0.1) is 0 Å². The van der Waals surface area contributed by atoms with Crippen molar-refractivity contribution in [3.63, 3.8) is 0 Å². The summed E-state index contributed by atoms with van der Waals surface area (Å²) >= 11 is 0. The van der Waals surface area contributed by atoms with Gasteiger partial charge >= 0.3 is 5.97 Å². The maximum atomic E-state index is 9.37. The zero-order valence-electron chi connectivity index (χ0n) is 3.42. The van der Waals surface area contributed by atoms with Crippen LogP contribution in [0.25, 0.3) is 0 Å². The summed E-state index contributed by atoms with van der Waals surface area (Å²) in [5, 5.41) is 7.72. The van der Waals surface area contributed by atoms with Gasteiger partial charge in [-0.25, -0.2) is 0 Å². The minimum Gasteiger partial charge on any atom is -0.481 e. The molecule has 0 atom stereocenters. The van der Waals surface area contributed by atoms with E-state index in [1.807, 2.05) is 0 Å². The smallest absolute Gasteiger partial charge is 0.303 e. The third kappa shape index (κ3) is 9.01. The fourth-order valence-electron chi connectivity index (χ4n) is 0. The molecule has 0 rings (SSSR count). The Morgan fingerprint density at radius 1 is 1.83 bits per heavy atom. The van der Waals surface area contributed by atoms with Gasteiger partial charge in [0.1, 0.15) is 0 Å². The van der Waals surface area contributed by atoms with Crippen LogP contribution in [0, 0.1) is 0 Å². The van der Waals surface area contributed by atoms with Gasteiger partial charge in [0.2, 0.25) is 0 Å². The Balaban J connectivity index is 0. The maximum absolute atomic E-state index is 9.37. The van der Waals surface area contributed by atoms with E-state index in [4.69, 9.17) is 5.11 Å². The van der Waals surface area contributed by atoms with Crippen molar-refractivity contribution in [1.82, 2.24) is 0 Å². The van der Waals surface area contributed by atoms with Crippen molar-refractivity contribution in [3.05, 3.63) is 0 Å². The summed E-state index contributed by atoms with van der Waals surface area (Å²) in [7, 11) is 0. The second-order valence-corrected chi connectivity index (χ2v) is 0.747. The summed E-state index contributed by atoms with van der Waals surface area (Å²) in [6.07, 6.45) is 0.222. The van der Waals surface area contributed by atoms with E-state index >= 15 is 0 Å². The molecule has 0 amide bonds. The van der Waals surface area contributed by atoms with Gasteiger partial charge in [0.15, 0.2) is 0 Å². The number of carboxylic acids is 1. The predicted octanol–water partition coefficient (Wildman–Crippen LogP) is 0.478. The molecule has 2 nitrogen and oxygen atoms in total. The van der Waals surface area contributed by atoms with E-state index in [1.54, 1.807) is 6.92 Å². The van der Waals surface area contributed by atoms with Crippen LogP contribution in [0.5, 0.6) is 0 Å². The van der Waals surface area contributed by atoms with Crippen molar-refractivity contribution in [2.75, 3.05) is 0 Å². The van der Waals surface area contributed by atoms with Crippen molar-refractivity contribution < 1.29 is 27.0 Å². The van der Waals surface area contributed by atoms with Crippen LogP contribution in [0.4, 0.5) is 0 Å². The molecule has 0 spiro atoms. The number of hydrogen-bond acceptors (Lipinski definition) is 1. The first-order chi connectivity index (χ1) is 2.27. The van der Waals surface area contributed by atoms with Crippen LogP contribution in [0.15, 0.2) is 0 Å². The van der Waals surface area contributed by atoms with Crippen LogP contribution < -0.4 is 0 Å². The summed E-state index contributed by atoms with van der Waals surface area (Å²) in [6, 6.07) is 0. The Kier molecular flexibility index (Phi) is 7.79. The van der Waals surface area contributed by atoms with Gasteiger partial charge in [-0.1, -0.05) is 6.92 Å². The molecule has 0 saturated heterocycles. The summed E-state index contributed by atoms with van der Waals surface area (Å²) in [5.74, 6) is -0.745. The Labute approximate surface area is 47.0 Å². The number of rotatable bonds is 1. The second kappa shape index (κ2) is 4.99. The molecular formula is C3H6FeO2. The van der Waals surface area contributed by atoms with Crippen LogP contribution in [-0.2, 0) is 21.9 Å². The van der Waals surface area contributed by atoms with Crippen LogP contribution in [0.3, 0.4) is 0 Å². The Morgan fingerprint density at radius 3 is 2.00 bits per heavy atom. The minimum atomic E-state index is -0.745. The molecule has 0 aromatic rings. The fourth-order valence-corrected chi connectivity index (χ4v) is 0. The molecule has 0 aromatic carbocycles. The molecule has 0 saturated carbocycles. The number of hydrogen-bond donors (Lipinski definition) is 1. The SMILES string of the molecule is CCC(=O)O.[Fe]. The number of aliphatic carboxylic acids is 1.